The van der Waals surface area contributed by atoms with Crippen LogP contribution in [0, 0.1) is 24.0 Å². The minimum Gasteiger partial charge on any atom is -0.324 e. The first-order chi connectivity index (χ1) is 16.5. The van der Waals surface area contributed by atoms with Gasteiger partial charge < -0.3 is 5.32 Å². The van der Waals surface area contributed by atoms with Crippen molar-refractivity contribution in [1.29, 1.82) is 0 Å². The van der Waals surface area contributed by atoms with Crippen molar-refractivity contribution in [2.75, 3.05) is 11.9 Å². The van der Waals surface area contributed by atoms with E-state index in [0.29, 0.717) is 28.5 Å². The molecule has 12 heteroatoms. The Kier molecular flexibility index (Phi) is 6.07. The van der Waals surface area contributed by atoms with E-state index in [4.69, 9.17) is 0 Å². The van der Waals surface area contributed by atoms with Crippen molar-refractivity contribution in [2.24, 2.45) is 14.1 Å². The number of fused-ring (bicyclic) bond motifs is 1. The SMILES string of the molecule is Cc1ccc(NC(=O)CN2C(=O)S/C(=C\c3cc4c(cc3[N+](=O)[O-])n(C)c(=O)n4C)C2=O)c(C)c1. The van der Waals surface area contributed by atoms with Crippen LogP contribution >= 0.6 is 11.8 Å². The molecule has 180 valence electrons. The number of nitro benzene ring substituents is 1. The van der Waals surface area contributed by atoms with Crippen molar-refractivity contribution in [3.05, 3.63) is 72.5 Å². The van der Waals surface area contributed by atoms with Gasteiger partial charge in [0.25, 0.3) is 16.8 Å². The van der Waals surface area contributed by atoms with E-state index < -0.39 is 28.5 Å². The van der Waals surface area contributed by atoms with Crippen molar-refractivity contribution in [1.82, 2.24) is 14.0 Å². The molecule has 0 aliphatic carbocycles. The zero-order chi connectivity index (χ0) is 25.6. The number of carbonyl (C=O) groups excluding carboxylic acids is 3. The topological polar surface area (TPSA) is 137 Å². The lowest BCUT2D eigenvalue weighted by Crippen LogP contribution is -2.36. The van der Waals surface area contributed by atoms with Gasteiger partial charge in [-0.2, -0.15) is 0 Å². The first-order valence-electron chi connectivity index (χ1n) is 10.4. The number of imidazole rings is 1. The Bertz CT molecular complexity index is 1530. The molecule has 0 spiro atoms. The predicted molar refractivity (Wildman–Crippen MR) is 132 cm³/mol. The van der Waals surface area contributed by atoms with E-state index in [1.165, 1.54) is 41.4 Å². The maximum absolute atomic E-state index is 12.9. The fourth-order valence-corrected chi connectivity index (χ4v) is 4.72. The molecule has 2 heterocycles. The van der Waals surface area contributed by atoms with E-state index in [2.05, 4.69) is 5.32 Å². The van der Waals surface area contributed by atoms with E-state index in [9.17, 15) is 29.3 Å². The number of hydrogen-bond donors (Lipinski definition) is 1. The number of hydrogen-bond acceptors (Lipinski definition) is 7. The fraction of sp³-hybridized carbons (Fsp3) is 0.217. The molecule has 1 aliphatic heterocycles. The number of carbonyl (C=O) groups is 3. The number of anilines is 1. The third kappa shape index (κ3) is 4.35. The molecular formula is C23H21N5O6S. The molecule has 0 unspecified atom stereocenters. The van der Waals surface area contributed by atoms with Crippen LogP contribution < -0.4 is 11.0 Å². The number of benzene rings is 2. The summed E-state index contributed by atoms with van der Waals surface area (Å²) in [6.07, 6.45) is 1.24. The average Bonchev–Trinajstić information content (AvgIpc) is 3.17. The second kappa shape index (κ2) is 8.87. The monoisotopic (exact) mass is 495 g/mol. The van der Waals surface area contributed by atoms with Crippen LogP contribution in [-0.4, -0.2) is 42.6 Å². The molecule has 2 aromatic carbocycles. The molecule has 1 fully saturated rings. The quantitative estimate of drug-likeness (QED) is 0.326. The minimum absolute atomic E-state index is 0.0577. The second-order valence-electron chi connectivity index (χ2n) is 8.19. The third-order valence-electron chi connectivity index (χ3n) is 5.74. The van der Waals surface area contributed by atoms with Gasteiger partial charge in [-0.25, -0.2) is 4.79 Å². The second-order valence-corrected chi connectivity index (χ2v) is 9.19. The third-order valence-corrected chi connectivity index (χ3v) is 6.64. The summed E-state index contributed by atoms with van der Waals surface area (Å²) in [7, 11) is 3.03. The van der Waals surface area contributed by atoms with Gasteiger partial charge in [0.2, 0.25) is 5.91 Å². The zero-order valence-corrected chi connectivity index (χ0v) is 20.1. The van der Waals surface area contributed by atoms with Crippen molar-refractivity contribution < 1.29 is 19.3 Å². The van der Waals surface area contributed by atoms with Crippen LogP contribution in [0.5, 0.6) is 0 Å². The van der Waals surface area contributed by atoms with E-state index >= 15 is 0 Å². The Balaban J connectivity index is 1.62. The maximum atomic E-state index is 12.9. The van der Waals surface area contributed by atoms with Gasteiger partial charge in [0.15, 0.2) is 0 Å². The number of aryl methyl sites for hydroxylation is 4. The largest absolute Gasteiger partial charge is 0.328 e. The number of imide groups is 1. The van der Waals surface area contributed by atoms with E-state index in [1.807, 2.05) is 26.0 Å². The van der Waals surface area contributed by atoms with Gasteiger partial charge >= 0.3 is 5.69 Å². The van der Waals surface area contributed by atoms with Gasteiger partial charge in [-0.05, 0) is 49.4 Å². The van der Waals surface area contributed by atoms with Gasteiger partial charge in [0.05, 0.1) is 26.4 Å². The van der Waals surface area contributed by atoms with E-state index in [1.54, 1.807) is 6.07 Å². The van der Waals surface area contributed by atoms with Crippen LogP contribution in [0.15, 0.2) is 40.0 Å². The standard InChI is InChI=1S/C23H21N5O6S/c1-12-5-6-15(13(2)7-12)24-20(29)11-27-21(30)19(35-23(27)32)9-14-8-17-18(10-16(14)28(33)34)26(4)22(31)25(17)3/h5-10H,11H2,1-4H3,(H,24,29)/b19-9-. The summed E-state index contributed by atoms with van der Waals surface area (Å²) < 4.78 is 2.62. The first-order valence-corrected chi connectivity index (χ1v) is 11.3. The van der Waals surface area contributed by atoms with Crippen LogP contribution in [-0.2, 0) is 23.7 Å². The highest BCUT2D eigenvalue weighted by atomic mass is 32.2. The van der Waals surface area contributed by atoms with E-state index in [-0.39, 0.29) is 21.8 Å². The van der Waals surface area contributed by atoms with Crippen LogP contribution in [0.3, 0.4) is 0 Å². The van der Waals surface area contributed by atoms with Crippen molar-refractivity contribution >= 4 is 57.3 Å². The molecule has 11 nitrogen and oxygen atoms in total. The average molecular weight is 496 g/mol. The minimum atomic E-state index is -0.730. The molecule has 1 aliphatic rings. The Morgan fingerprint density at radius 2 is 1.74 bits per heavy atom. The smallest absolute Gasteiger partial charge is 0.324 e. The van der Waals surface area contributed by atoms with Crippen molar-refractivity contribution in [3.63, 3.8) is 0 Å². The lowest BCUT2D eigenvalue weighted by molar-refractivity contribution is -0.385. The van der Waals surface area contributed by atoms with Gasteiger partial charge in [0.1, 0.15) is 6.54 Å². The molecule has 1 aromatic heterocycles. The number of nitrogens with one attached hydrogen (secondary N) is 1. The predicted octanol–water partition coefficient (Wildman–Crippen LogP) is 3.08. The number of thioether (sulfide) groups is 1. The molecule has 1 saturated heterocycles. The maximum Gasteiger partial charge on any atom is 0.328 e. The Labute approximate surface area is 203 Å². The molecule has 0 bridgehead atoms. The summed E-state index contributed by atoms with van der Waals surface area (Å²) in [5.41, 5.74) is 2.61. The van der Waals surface area contributed by atoms with Crippen LogP contribution in [0.1, 0.15) is 16.7 Å². The first kappa shape index (κ1) is 24.0. The molecule has 1 N–H and O–H groups in total. The zero-order valence-electron chi connectivity index (χ0n) is 19.3. The van der Waals surface area contributed by atoms with Gasteiger partial charge in [-0.1, -0.05) is 17.7 Å². The van der Waals surface area contributed by atoms with Crippen LogP contribution in [0.2, 0.25) is 0 Å². The molecule has 35 heavy (non-hydrogen) atoms. The number of nitrogens with zero attached hydrogens (tertiary/aromatic N) is 4. The fourth-order valence-electron chi connectivity index (χ4n) is 3.89. The lowest BCUT2D eigenvalue weighted by atomic mass is 10.1. The van der Waals surface area contributed by atoms with Crippen molar-refractivity contribution in [2.45, 2.75) is 13.8 Å². The lowest BCUT2D eigenvalue weighted by Gasteiger charge is -2.14. The van der Waals surface area contributed by atoms with Crippen molar-refractivity contribution in [3.8, 4) is 0 Å². The number of rotatable bonds is 5. The Hall–Kier alpha value is -4.19. The molecule has 0 atom stereocenters. The highest BCUT2D eigenvalue weighted by Gasteiger charge is 2.37. The van der Waals surface area contributed by atoms with Gasteiger partial charge in [0, 0.05) is 25.8 Å². The molecule has 4 rings (SSSR count). The summed E-state index contributed by atoms with van der Waals surface area (Å²) in [5, 5.41) is 13.7. The summed E-state index contributed by atoms with van der Waals surface area (Å²) >= 11 is 0.591. The number of amides is 3. The molecule has 3 aromatic rings. The summed E-state index contributed by atoms with van der Waals surface area (Å²) in [5.74, 6) is -1.28. The normalized spacial score (nSPS) is 14.9. The molecular weight excluding hydrogens is 474 g/mol. The van der Waals surface area contributed by atoms with Gasteiger partial charge in [-0.15, -0.1) is 0 Å². The summed E-state index contributed by atoms with van der Waals surface area (Å²) in [6.45, 7) is 3.26. The highest BCUT2D eigenvalue weighted by Crippen LogP contribution is 2.35. The van der Waals surface area contributed by atoms with Gasteiger partial charge in [-0.3, -0.25) is 38.5 Å². The molecule has 0 radical (unpaired) electrons. The van der Waals surface area contributed by atoms with Crippen LogP contribution in [0.4, 0.5) is 16.2 Å². The number of aromatic nitrogens is 2. The molecule has 3 amide bonds. The highest BCUT2D eigenvalue weighted by molar-refractivity contribution is 8.18. The molecule has 0 saturated carbocycles. The summed E-state index contributed by atoms with van der Waals surface area (Å²) in [6, 6.07) is 8.14. The number of nitro groups is 1. The summed E-state index contributed by atoms with van der Waals surface area (Å²) in [4.78, 5) is 61.9. The Morgan fingerprint density at radius 1 is 1.09 bits per heavy atom. The Morgan fingerprint density at radius 3 is 2.37 bits per heavy atom. The van der Waals surface area contributed by atoms with Crippen LogP contribution in [0.25, 0.3) is 17.1 Å². The van der Waals surface area contributed by atoms with E-state index in [0.717, 1.165) is 16.0 Å².